The molecule has 0 bridgehead atoms. The molecule has 4 rings (SSSR count). The summed E-state index contributed by atoms with van der Waals surface area (Å²) in [6, 6.07) is 12.9. The van der Waals surface area contributed by atoms with Gasteiger partial charge in [-0.05, 0) is 69.9 Å². The number of amides is 2. The van der Waals surface area contributed by atoms with Crippen LogP contribution in [0.2, 0.25) is 5.02 Å². The average Bonchev–Trinajstić information content (AvgIpc) is 3.22. The number of halogens is 2. The number of hydrogen-bond acceptors (Lipinski definition) is 4. The lowest BCUT2D eigenvalue weighted by atomic mass is 10.00. The predicted octanol–water partition coefficient (Wildman–Crippen LogP) is 4.84. The highest BCUT2D eigenvalue weighted by molar-refractivity contribution is 14.1. The maximum atomic E-state index is 13.7. The van der Waals surface area contributed by atoms with E-state index in [1.807, 2.05) is 17.5 Å². The van der Waals surface area contributed by atoms with Gasteiger partial charge >= 0.3 is 5.97 Å². The standard InChI is InChI=1S/C22H16ClIN2O4S/c23-13-5-3-12(4-6-13)19-20(27)25-17-8-7-14(24)10-16(17)21(28)26(19)18(22(29)30)11-15-2-1-9-31-15/h1-10,18-19H,11H2,(H,25,27)(H,29,30). The molecule has 6 nitrogen and oxygen atoms in total. The molecule has 158 valence electrons. The van der Waals surface area contributed by atoms with Gasteiger partial charge in [-0.1, -0.05) is 29.8 Å². The van der Waals surface area contributed by atoms with Gasteiger partial charge in [-0.25, -0.2) is 4.79 Å². The van der Waals surface area contributed by atoms with Crippen molar-refractivity contribution in [1.82, 2.24) is 4.90 Å². The van der Waals surface area contributed by atoms with E-state index in [1.54, 1.807) is 42.5 Å². The van der Waals surface area contributed by atoms with Crippen LogP contribution in [0.25, 0.3) is 0 Å². The van der Waals surface area contributed by atoms with Gasteiger partial charge in [-0.3, -0.25) is 9.59 Å². The Morgan fingerprint density at radius 2 is 1.94 bits per heavy atom. The van der Waals surface area contributed by atoms with Crippen LogP contribution in [0.4, 0.5) is 5.69 Å². The number of rotatable bonds is 5. The lowest BCUT2D eigenvalue weighted by Crippen LogP contribution is -2.50. The summed E-state index contributed by atoms with van der Waals surface area (Å²) >= 11 is 9.49. The Morgan fingerprint density at radius 1 is 1.19 bits per heavy atom. The fraction of sp³-hybridized carbons (Fsp3) is 0.136. The number of anilines is 1. The summed E-state index contributed by atoms with van der Waals surface area (Å²) in [5.74, 6) is -2.17. The third kappa shape index (κ3) is 4.46. The van der Waals surface area contributed by atoms with E-state index < -0.39 is 29.9 Å². The molecular formula is C22H16ClIN2O4S. The average molecular weight is 567 g/mol. The lowest BCUT2D eigenvalue weighted by Gasteiger charge is -2.34. The van der Waals surface area contributed by atoms with Crippen molar-refractivity contribution >= 4 is 69.0 Å². The van der Waals surface area contributed by atoms with Crippen molar-refractivity contribution in [1.29, 1.82) is 0 Å². The third-order valence-electron chi connectivity index (χ3n) is 5.01. The fourth-order valence-electron chi connectivity index (χ4n) is 3.59. The summed E-state index contributed by atoms with van der Waals surface area (Å²) in [5, 5.41) is 15.2. The Balaban J connectivity index is 1.88. The maximum Gasteiger partial charge on any atom is 0.326 e. The van der Waals surface area contributed by atoms with E-state index in [9.17, 15) is 19.5 Å². The Kier molecular flexibility index (Phi) is 6.31. The summed E-state index contributed by atoms with van der Waals surface area (Å²) in [6.07, 6.45) is 0.0926. The largest absolute Gasteiger partial charge is 0.480 e. The van der Waals surface area contributed by atoms with Gasteiger partial charge < -0.3 is 15.3 Å². The summed E-state index contributed by atoms with van der Waals surface area (Å²) in [7, 11) is 0. The number of nitrogens with one attached hydrogen (secondary N) is 1. The van der Waals surface area contributed by atoms with E-state index in [-0.39, 0.29) is 12.0 Å². The molecule has 0 aliphatic carbocycles. The zero-order valence-corrected chi connectivity index (χ0v) is 19.6. The van der Waals surface area contributed by atoms with E-state index >= 15 is 0 Å². The number of carbonyl (C=O) groups excluding carboxylic acids is 2. The van der Waals surface area contributed by atoms with Crippen LogP contribution in [0.1, 0.15) is 26.8 Å². The second-order valence-electron chi connectivity index (χ2n) is 6.98. The summed E-state index contributed by atoms with van der Waals surface area (Å²) in [5.41, 5.74) is 1.10. The predicted molar refractivity (Wildman–Crippen MR) is 128 cm³/mol. The number of carbonyl (C=O) groups is 3. The van der Waals surface area contributed by atoms with Gasteiger partial charge in [0.25, 0.3) is 11.8 Å². The minimum Gasteiger partial charge on any atom is -0.480 e. The molecule has 9 heteroatoms. The maximum absolute atomic E-state index is 13.7. The minimum absolute atomic E-state index is 0.0926. The van der Waals surface area contributed by atoms with Crippen molar-refractivity contribution in [3.8, 4) is 0 Å². The fourth-order valence-corrected chi connectivity index (χ4v) is 4.95. The van der Waals surface area contributed by atoms with Gasteiger partial charge in [0, 0.05) is 19.9 Å². The second-order valence-corrected chi connectivity index (χ2v) is 9.70. The number of carboxylic acid groups (broad SMARTS) is 1. The molecule has 2 atom stereocenters. The lowest BCUT2D eigenvalue weighted by molar-refractivity contribution is -0.143. The van der Waals surface area contributed by atoms with Gasteiger partial charge in [-0.2, -0.15) is 0 Å². The monoisotopic (exact) mass is 566 g/mol. The molecule has 2 amide bonds. The number of aliphatic carboxylic acids is 1. The first-order valence-corrected chi connectivity index (χ1v) is 11.6. The molecule has 1 aromatic heterocycles. The number of fused-ring (bicyclic) bond motifs is 1. The summed E-state index contributed by atoms with van der Waals surface area (Å²) in [6.45, 7) is 0. The quantitative estimate of drug-likeness (QED) is 0.433. The first-order chi connectivity index (χ1) is 14.8. The molecule has 2 aromatic carbocycles. The van der Waals surface area contributed by atoms with Crippen molar-refractivity contribution < 1.29 is 19.5 Å². The van der Waals surface area contributed by atoms with Crippen LogP contribution in [0.5, 0.6) is 0 Å². The van der Waals surface area contributed by atoms with Crippen molar-refractivity contribution in [2.45, 2.75) is 18.5 Å². The third-order valence-corrected chi connectivity index (χ3v) is 6.83. The zero-order chi connectivity index (χ0) is 22.1. The van der Waals surface area contributed by atoms with E-state index in [4.69, 9.17) is 11.6 Å². The van der Waals surface area contributed by atoms with Crippen LogP contribution < -0.4 is 5.32 Å². The first kappa shape index (κ1) is 21.8. The van der Waals surface area contributed by atoms with Crippen LogP contribution >= 0.6 is 45.5 Å². The molecule has 0 saturated carbocycles. The van der Waals surface area contributed by atoms with Crippen LogP contribution in [0.3, 0.4) is 0 Å². The molecular weight excluding hydrogens is 551 g/mol. The van der Waals surface area contributed by atoms with Gasteiger partial charge in [-0.15, -0.1) is 11.3 Å². The molecule has 3 aromatic rings. The van der Waals surface area contributed by atoms with E-state index in [2.05, 4.69) is 27.9 Å². The van der Waals surface area contributed by atoms with Crippen molar-refractivity contribution in [3.63, 3.8) is 0 Å². The van der Waals surface area contributed by atoms with Crippen molar-refractivity contribution in [3.05, 3.63) is 84.6 Å². The molecule has 0 spiro atoms. The normalized spacial score (nSPS) is 17.0. The highest BCUT2D eigenvalue weighted by atomic mass is 127. The molecule has 0 saturated heterocycles. The van der Waals surface area contributed by atoms with Crippen LogP contribution in [0, 0.1) is 3.57 Å². The SMILES string of the molecule is O=C(O)C(Cc1cccs1)N1C(=O)c2cc(I)ccc2NC(=O)C1c1ccc(Cl)cc1. The van der Waals surface area contributed by atoms with Crippen LogP contribution in [-0.4, -0.2) is 33.8 Å². The van der Waals surface area contributed by atoms with E-state index in [1.165, 1.54) is 16.2 Å². The van der Waals surface area contributed by atoms with Crippen molar-refractivity contribution in [2.24, 2.45) is 0 Å². The van der Waals surface area contributed by atoms with E-state index in [0.717, 1.165) is 8.45 Å². The molecule has 0 fully saturated rings. The number of benzene rings is 2. The number of hydrogen-bond donors (Lipinski definition) is 2. The highest BCUT2D eigenvalue weighted by Crippen LogP contribution is 2.35. The molecule has 2 N–H and O–H groups in total. The Labute approximate surface area is 201 Å². The van der Waals surface area contributed by atoms with E-state index in [0.29, 0.717) is 16.3 Å². The first-order valence-electron chi connectivity index (χ1n) is 9.29. The Morgan fingerprint density at radius 3 is 2.58 bits per heavy atom. The number of nitrogens with zero attached hydrogens (tertiary/aromatic N) is 1. The van der Waals surface area contributed by atoms with Gasteiger partial charge in [0.2, 0.25) is 0 Å². The topological polar surface area (TPSA) is 86.7 Å². The molecule has 1 aliphatic heterocycles. The summed E-state index contributed by atoms with van der Waals surface area (Å²) in [4.78, 5) is 41.4. The van der Waals surface area contributed by atoms with Crippen LogP contribution in [0.15, 0.2) is 60.0 Å². The van der Waals surface area contributed by atoms with Gasteiger partial charge in [0.05, 0.1) is 11.3 Å². The van der Waals surface area contributed by atoms with Gasteiger partial charge in [0.15, 0.2) is 0 Å². The highest BCUT2D eigenvalue weighted by Gasteiger charge is 2.43. The second kappa shape index (κ2) is 8.97. The molecule has 0 radical (unpaired) electrons. The minimum atomic E-state index is -1.23. The number of thiophene rings is 1. The molecule has 1 aliphatic rings. The molecule has 2 unspecified atom stereocenters. The molecule has 2 heterocycles. The number of carboxylic acids is 1. The molecule has 31 heavy (non-hydrogen) atoms. The Bertz CT molecular complexity index is 1150. The Hall–Kier alpha value is -2.43. The zero-order valence-electron chi connectivity index (χ0n) is 15.9. The van der Waals surface area contributed by atoms with Crippen molar-refractivity contribution in [2.75, 3.05) is 5.32 Å². The van der Waals surface area contributed by atoms with Crippen LogP contribution in [-0.2, 0) is 16.0 Å². The smallest absolute Gasteiger partial charge is 0.326 e. The van der Waals surface area contributed by atoms with Gasteiger partial charge in [0.1, 0.15) is 12.1 Å². The summed E-state index contributed by atoms with van der Waals surface area (Å²) < 4.78 is 0.800.